The summed E-state index contributed by atoms with van der Waals surface area (Å²) in [6, 6.07) is 7.66. The van der Waals surface area contributed by atoms with Crippen molar-refractivity contribution >= 4 is 0 Å². The van der Waals surface area contributed by atoms with E-state index < -0.39 is 0 Å². The van der Waals surface area contributed by atoms with E-state index in [1.54, 1.807) is 12.1 Å². The van der Waals surface area contributed by atoms with Crippen LogP contribution in [0.5, 0.6) is 0 Å². The minimum atomic E-state index is -0.109. The molecule has 2 nitrogen and oxygen atoms in total. The molecule has 0 heterocycles. The average molecular weight is 264 g/mol. The van der Waals surface area contributed by atoms with Crippen LogP contribution in [0.2, 0.25) is 0 Å². The summed E-state index contributed by atoms with van der Waals surface area (Å²) in [4.78, 5) is 2.31. The lowest BCUT2D eigenvalue weighted by Crippen LogP contribution is -2.44. The molecule has 0 spiro atoms. The fraction of sp³-hybridized carbons (Fsp3) is 0.625. The molecule has 19 heavy (non-hydrogen) atoms. The van der Waals surface area contributed by atoms with Gasteiger partial charge in [-0.1, -0.05) is 31.0 Å². The molecule has 2 rings (SSSR count). The smallest absolute Gasteiger partial charge is 0.127 e. The lowest BCUT2D eigenvalue weighted by molar-refractivity contribution is 0.0974. The van der Waals surface area contributed by atoms with Gasteiger partial charge in [-0.3, -0.25) is 4.90 Å². The topological polar surface area (TPSA) is 29.3 Å². The second-order valence-corrected chi connectivity index (χ2v) is 5.71. The van der Waals surface area contributed by atoms with Gasteiger partial charge < -0.3 is 5.73 Å². The van der Waals surface area contributed by atoms with Crippen LogP contribution in [-0.4, -0.2) is 24.5 Å². The van der Waals surface area contributed by atoms with Gasteiger partial charge in [-0.05, 0) is 45.3 Å². The van der Waals surface area contributed by atoms with Gasteiger partial charge in [-0.15, -0.1) is 0 Å². The molecule has 106 valence electrons. The van der Waals surface area contributed by atoms with E-state index in [9.17, 15) is 4.39 Å². The Hall–Kier alpha value is -0.930. The Labute approximate surface area is 115 Å². The maximum atomic E-state index is 13.9. The van der Waals surface area contributed by atoms with Crippen molar-refractivity contribution in [1.29, 1.82) is 0 Å². The quantitative estimate of drug-likeness (QED) is 0.903. The third kappa shape index (κ3) is 3.15. The van der Waals surface area contributed by atoms with E-state index in [0.717, 1.165) is 12.1 Å². The maximum absolute atomic E-state index is 13.9. The lowest BCUT2D eigenvalue weighted by Gasteiger charge is -2.40. The standard InChI is InChI=1S/C16H25FN2/c1-12(14-8-4-5-9-15(14)17)19(2)16-10-6-3-7-13(16)11-18/h4-5,8-9,12-13,16H,3,6-7,10-11,18H2,1-2H3. The van der Waals surface area contributed by atoms with E-state index >= 15 is 0 Å². The van der Waals surface area contributed by atoms with Crippen molar-refractivity contribution < 1.29 is 4.39 Å². The number of hydrogen-bond acceptors (Lipinski definition) is 2. The number of benzene rings is 1. The molecule has 3 heteroatoms. The molecule has 0 saturated heterocycles. The first-order valence-electron chi connectivity index (χ1n) is 7.31. The molecule has 1 saturated carbocycles. The molecule has 3 atom stereocenters. The molecule has 1 aromatic carbocycles. The Bertz CT molecular complexity index is 407. The van der Waals surface area contributed by atoms with Gasteiger partial charge in [-0.25, -0.2) is 4.39 Å². The monoisotopic (exact) mass is 264 g/mol. The van der Waals surface area contributed by atoms with Crippen LogP contribution in [0.25, 0.3) is 0 Å². The Balaban J connectivity index is 2.14. The highest BCUT2D eigenvalue weighted by molar-refractivity contribution is 5.20. The third-order valence-electron chi connectivity index (χ3n) is 4.66. The summed E-state index contributed by atoms with van der Waals surface area (Å²) in [6.45, 7) is 2.82. The molecular formula is C16H25FN2. The van der Waals surface area contributed by atoms with E-state index in [0.29, 0.717) is 12.0 Å². The molecule has 0 aromatic heterocycles. The molecule has 1 aliphatic carbocycles. The Kier molecular flexibility index (Phi) is 4.94. The largest absolute Gasteiger partial charge is 0.330 e. The van der Waals surface area contributed by atoms with Gasteiger partial charge in [0.05, 0.1) is 0 Å². The second kappa shape index (κ2) is 6.49. The maximum Gasteiger partial charge on any atom is 0.127 e. The molecule has 1 fully saturated rings. The molecule has 3 unspecified atom stereocenters. The van der Waals surface area contributed by atoms with Crippen molar-refractivity contribution in [1.82, 2.24) is 4.90 Å². The zero-order chi connectivity index (χ0) is 13.8. The fourth-order valence-corrected chi connectivity index (χ4v) is 3.32. The molecule has 1 aliphatic rings. The number of nitrogens with zero attached hydrogens (tertiary/aromatic N) is 1. The van der Waals surface area contributed by atoms with Crippen molar-refractivity contribution in [2.75, 3.05) is 13.6 Å². The average Bonchev–Trinajstić information content (AvgIpc) is 2.46. The van der Waals surface area contributed by atoms with Gasteiger partial charge in [-0.2, -0.15) is 0 Å². The van der Waals surface area contributed by atoms with Crippen LogP contribution in [0.3, 0.4) is 0 Å². The van der Waals surface area contributed by atoms with Crippen molar-refractivity contribution in [2.45, 2.75) is 44.7 Å². The molecule has 1 aromatic rings. The van der Waals surface area contributed by atoms with Crippen LogP contribution in [-0.2, 0) is 0 Å². The van der Waals surface area contributed by atoms with E-state index in [4.69, 9.17) is 5.73 Å². The zero-order valence-electron chi connectivity index (χ0n) is 12.0. The van der Waals surface area contributed by atoms with Gasteiger partial charge in [0.1, 0.15) is 5.82 Å². The van der Waals surface area contributed by atoms with Gasteiger partial charge in [0.2, 0.25) is 0 Å². The van der Waals surface area contributed by atoms with Crippen LogP contribution in [0, 0.1) is 11.7 Å². The Morgan fingerprint density at radius 2 is 2.00 bits per heavy atom. The number of halogens is 1. The summed E-state index contributed by atoms with van der Waals surface area (Å²) in [5.74, 6) is 0.440. The molecular weight excluding hydrogens is 239 g/mol. The minimum Gasteiger partial charge on any atom is -0.330 e. The van der Waals surface area contributed by atoms with Gasteiger partial charge in [0.15, 0.2) is 0 Å². The van der Waals surface area contributed by atoms with E-state index in [1.807, 2.05) is 12.1 Å². The molecule has 0 aliphatic heterocycles. The first-order valence-corrected chi connectivity index (χ1v) is 7.31. The molecule has 0 amide bonds. The summed E-state index contributed by atoms with van der Waals surface area (Å²) >= 11 is 0. The van der Waals surface area contributed by atoms with Crippen LogP contribution < -0.4 is 5.73 Å². The van der Waals surface area contributed by atoms with Crippen molar-refractivity contribution in [3.8, 4) is 0 Å². The highest BCUT2D eigenvalue weighted by atomic mass is 19.1. The Morgan fingerprint density at radius 3 is 2.68 bits per heavy atom. The minimum absolute atomic E-state index is 0.0957. The highest BCUT2D eigenvalue weighted by Gasteiger charge is 2.30. The summed E-state index contributed by atoms with van der Waals surface area (Å²) in [7, 11) is 2.11. The van der Waals surface area contributed by atoms with Crippen molar-refractivity contribution in [2.24, 2.45) is 11.7 Å². The predicted octanol–water partition coefficient (Wildman–Crippen LogP) is 3.34. The van der Waals surface area contributed by atoms with Crippen molar-refractivity contribution in [3.05, 3.63) is 35.6 Å². The summed E-state index contributed by atoms with van der Waals surface area (Å²) in [5.41, 5.74) is 6.68. The molecule has 0 bridgehead atoms. The van der Waals surface area contributed by atoms with E-state index in [1.165, 1.54) is 25.7 Å². The predicted molar refractivity (Wildman–Crippen MR) is 77.4 cm³/mol. The Morgan fingerprint density at radius 1 is 1.32 bits per heavy atom. The summed E-state index contributed by atoms with van der Waals surface area (Å²) in [6.07, 6.45) is 4.92. The first kappa shape index (κ1) is 14.5. The molecule has 0 radical (unpaired) electrons. The summed E-state index contributed by atoms with van der Waals surface area (Å²) in [5, 5.41) is 0. The van der Waals surface area contributed by atoms with E-state index in [2.05, 4.69) is 18.9 Å². The molecule has 2 N–H and O–H groups in total. The number of rotatable bonds is 4. The van der Waals surface area contributed by atoms with E-state index in [-0.39, 0.29) is 11.9 Å². The van der Waals surface area contributed by atoms with Crippen LogP contribution in [0.15, 0.2) is 24.3 Å². The van der Waals surface area contributed by atoms with Gasteiger partial charge >= 0.3 is 0 Å². The lowest BCUT2D eigenvalue weighted by atomic mass is 9.83. The third-order valence-corrected chi connectivity index (χ3v) is 4.66. The van der Waals surface area contributed by atoms with Crippen LogP contribution in [0.1, 0.15) is 44.2 Å². The van der Waals surface area contributed by atoms with Crippen LogP contribution in [0.4, 0.5) is 4.39 Å². The van der Waals surface area contributed by atoms with Gasteiger partial charge in [0.25, 0.3) is 0 Å². The number of hydrogen-bond donors (Lipinski definition) is 1. The van der Waals surface area contributed by atoms with Gasteiger partial charge in [0, 0.05) is 17.6 Å². The second-order valence-electron chi connectivity index (χ2n) is 5.71. The summed E-state index contributed by atoms with van der Waals surface area (Å²) < 4.78 is 13.9. The normalized spacial score (nSPS) is 25.5. The highest BCUT2D eigenvalue weighted by Crippen LogP contribution is 2.32. The SMILES string of the molecule is CC(c1ccccc1F)N(C)C1CCCCC1CN. The fourth-order valence-electron chi connectivity index (χ4n) is 3.32. The van der Waals surface area contributed by atoms with Crippen LogP contribution >= 0.6 is 0 Å². The zero-order valence-corrected chi connectivity index (χ0v) is 12.0. The van der Waals surface area contributed by atoms with Crippen molar-refractivity contribution in [3.63, 3.8) is 0 Å². The first-order chi connectivity index (χ1) is 9.15. The number of nitrogens with two attached hydrogens (primary N) is 1.